The number of nitrogens with one attached hydrogen (secondary N) is 2. The minimum absolute atomic E-state index is 0.213. The molecule has 2 N–H and O–H groups in total. The highest BCUT2D eigenvalue weighted by Gasteiger charge is 2.27. The zero-order chi connectivity index (χ0) is 13.1. The van der Waals surface area contributed by atoms with Gasteiger partial charge in [-0.15, -0.1) is 0 Å². The second-order valence-corrected chi connectivity index (χ2v) is 4.83. The van der Waals surface area contributed by atoms with Gasteiger partial charge in [-0.1, -0.05) is 6.92 Å². The third-order valence-electron chi connectivity index (χ3n) is 3.15. The van der Waals surface area contributed by atoms with Crippen LogP contribution in [0.5, 0.6) is 0 Å². The largest absolute Gasteiger partial charge is 0.370 e. The van der Waals surface area contributed by atoms with E-state index in [4.69, 9.17) is 0 Å². The molecule has 2 rings (SSSR count). The number of carbonyl (C=O) groups excluding carboxylic acids is 1. The average molecular weight is 251 g/mol. The Bertz CT molecular complexity index is 444. The highest BCUT2D eigenvalue weighted by Crippen LogP contribution is 2.27. The molecule has 18 heavy (non-hydrogen) atoms. The van der Waals surface area contributed by atoms with Gasteiger partial charge < -0.3 is 10.6 Å². The fourth-order valence-electron chi connectivity index (χ4n) is 2.20. The fraction of sp³-hybridized carbons (Fsp3) is 0.538. The van der Waals surface area contributed by atoms with Crippen molar-refractivity contribution >= 4 is 11.7 Å². The Balaban J connectivity index is 2.10. The van der Waals surface area contributed by atoms with Crippen molar-refractivity contribution in [3.05, 3.63) is 23.6 Å². The second kappa shape index (κ2) is 5.33. The van der Waals surface area contributed by atoms with Crippen LogP contribution in [0, 0.1) is 11.7 Å². The molecule has 1 amide bonds. The summed E-state index contributed by atoms with van der Waals surface area (Å²) in [6.07, 6.45) is 3.09. The molecule has 0 aliphatic heterocycles. The van der Waals surface area contributed by atoms with Gasteiger partial charge in [0.05, 0.1) is 11.8 Å². The first kappa shape index (κ1) is 12.8. The maximum absolute atomic E-state index is 13.2. The Hall–Kier alpha value is -1.65. The van der Waals surface area contributed by atoms with Crippen LogP contribution in [0.1, 0.15) is 37.0 Å². The summed E-state index contributed by atoms with van der Waals surface area (Å²) in [5, 5.41) is 5.87. The van der Waals surface area contributed by atoms with Gasteiger partial charge in [-0.3, -0.25) is 4.79 Å². The lowest BCUT2D eigenvalue weighted by Gasteiger charge is -2.33. The highest BCUT2D eigenvalue weighted by molar-refractivity contribution is 5.98. The lowest BCUT2D eigenvalue weighted by Crippen LogP contribution is -2.43. The van der Waals surface area contributed by atoms with Crippen molar-refractivity contribution in [2.24, 2.45) is 5.92 Å². The van der Waals surface area contributed by atoms with Gasteiger partial charge in [0.1, 0.15) is 11.6 Å². The molecule has 0 unspecified atom stereocenters. The molecule has 98 valence electrons. The van der Waals surface area contributed by atoms with Crippen LogP contribution in [0.4, 0.5) is 10.2 Å². The lowest BCUT2D eigenvalue weighted by atomic mass is 9.82. The van der Waals surface area contributed by atoms with Crippen molar-refractivity contribution in [3.8, 4) is 0 Å². The Kier molecular flexibility index (Phi) is 3.79. The third-order valence-corrected chi connectivity index (χ3v) is 3.15. The van der Waals surface area contributed by atoms with E-state index < -0.39 is 5.82 Å². The number of hydrogen-bond donors (Lipinski definition) is 2. The van der Waals surface area contributed by atoms with E-state index in [9.17, 15) is 9.18 Å². The number of amides is 1. The average Bonchev–Trinajstić information content (AvgIpc) is 2.29. The smallest absolute Gasteiger partial charge is 0.255 e. The monoisotopic (exact) mass is 251 g/mol. The van der Waals surface area contributed by atoms with Gasteiger partial charge >= 0.3 is 0 Å². The SMILES string of the molecule is CCNc1ncc(F)cc1C(=O)NC1CC(C)C1. The van der Waals surface area contributed by atoms with E-state index >= 15 is 0 Å². The predicted octanol–water partition coefficient (Wildman–Crippen LogP) is 2.18. The van der Waals surface area contributed by atoms with Gasteiger partial charge in [0.25, 0.3) is 5.91 Å². The summed E-state index contributed by atoms with van der Waals surface area (Å²) >= 11 is 0. The first-order valence-electron chi connectivity index (χ1n) is 6.30. The van der Waals surface area contributed by atoms with Crippen LogP contribution in [0.25, 0.3) is 0 Å². The van der Waals surface area contributed by atoms with Crippen molar-refractivity contribution in [3.63, 3.8) is 0 Å². The van der Waals surface area contributed by atoms with Gasteiger partial charge in [0, 0.05) is 12.6 Å². The van der Waals surface area contributed by atoms with Crippen LogP contribution in [0.15, 0.2) is 12.3 Å². The van der Waals surface area contributed by atoms with E-state index in [-0.39, 0.29) is 17.5 Å². The Morgan fingerprint density at radius 2 is 2.28 bits per heavy atom. The van der Waals surface area contributed by atoms with E-state index in [0.29, 0.717) is 18.3 Å². The Morgan fingerprint density at radius 1 is 1.56 bits per heavy atom. The number of pyridine rings is 1. The number of anilines is 1. The van der Waals surface area contributed by atoms with Gasteiger partial charge in [0.15, 0.2) is 0 Å². The molecular formula is C13H18FN3O. The fourth-order valence-corrected chi connectivity index (χ4v) is 2.20. The van der Waals surface area contributed by atoms with E-state index in [0.717, 1.165) is 19.0 Å². The summed E-state index contributed by atoms with van der Waals surface area (Å²) in [6.45, 7) is 4.69. The number of nitrogens with zero attached hydrogens (tertiary/aromatic N) is 1. The Labute approximate surface area is 106 Å². The van der Waals surface area contributed by atoms with Crippen molar-refractivity contribution in [2.75, 3.05) is 11.9 Å². The number of halogens is 1. The molecule has 1 aromatic heterocycles. The van der Waals surface area contributed by atoms with Gasteiger partial charge in [-0.05, 0) is 31.7 Å². The molecule has 0 aromatic carbocycles. The van der Waals surface area contributed by atoms with Crippen LogP contribution in [-0.2, 0) is 0 Å². The van der Waals surface area contributed by atoms with Crippen molar-refractivity contribution < 1.29 is 9.18 Å². The van der Waals surface area contributed by atoms with Crippen molar-refractivity contribution in [2.45, 2.75) is 32.7 Å². The number of rotatable bonds is 4. The molecule has 1 aliphatic rings. The quantitative estimate of drug-likeness (QED) is 0.862. The summed E-state index contributed by atoms with van der Waals surface area (Å²) in [5.41, 5.74) is 0.274. The first-order chi connectivity index (χ1) is 8.60. The summed E-state index contributed by atoms with van der Waals surface area (Å²) in [7, 11) is 0. The molecule has 0 bridgehead atoms. The molecule has 4 nitrogen and oxygen atoms in total. The summed E-state index contributed by atoms with van der Waals surface area (Å²) in [5.74, 6) is 0.344. The van der Waals surface area contributed by atoms with Crippen LogP contribution in [0.2, 0.25) is 0 Å². The minimum atomic E-state index is -0.496. The lowest BCUT2D eigenvalue weighted by molar-refractivity contribution is 0.0896. The maximum atomic E-state index is 13.2. The standard InChI is InChI=1S/C13H18FN3O/c1-3-15-12-11(6-9(14)7-16-12)13(18)17-10-4-8(2)5-10/h6-8,10H,3-5H2,1-2H3,(H,15,16)(H,17,18). The molecule has 5 heteroatoms. The zero-order valence-corrected chi connectivity index (χ0v) is 10.7. The Morgan fingerprint density at radius 3 is 2.89 bits per heavy atom. The van der Waals surface area contributed by atoms with E-state index in [2.05, 4.69) is 22.5 Å². The van der Waals surface area contributed by atoms with E-state index in [1.807, 2.05) is 6.92 Å². The maximum Gasteiger partial charge on any atom is 0.255 e. The first-order valence-corrected chi connectivity index (χ1v) is 6.30. The molecular weight excluding hydrogens is 233 g/mol. The number of carbonyl (C=O) groups is 1. The number of aromatic nitrogens is 1. The molecule has 0 spiro atoms. The molecule has 1 heterocycles. The van der Waals surface area contributed by atoms with Crippen LogP contribution >= 0.6 is 0 Å². The van der Waals surface area contributed by atoms with E-state index in [1.165, 1.54) is 6.07 Å². The summed E-state index contributed by atoms with van der Waals surface area (Å²) in [6, 6.07) is 1.44. The van der Waals surface area contributed by atoms with Crippen molar-refractivity contribution in [1.29, 1.82) is 0 Å². The van der Waals surface area contributed by atoms with Gasteiger partial charge in [-0.25, -0.2) is 9.37 Å². The molecule has 1 saturated carbocycles. The molecule has 0 saturated heterocycles. The summed E-state index contributed by atoms with van der Waals surface area (Å²) < 4.78 is 13.2. The zero-order valence-electron chi connectivity index (χ0n) is 10.7. The highest BCUT2D eigenvalue weighted by atomic mass is 19.1. The molecule has 0 radical (unpaired) electrons. The van der Waals surface area contributed by atoms with Crippen LogP contribution < -0.4 is 10.6 Å². The van der Waals surface area contributed by atoms with Crippen LogP contribution in [0.3, 0.4) is 0 Å². The molecule has 1 aromatic rings. The number of hydrogen-bond acceptors (Lipinski definition) is 3. The second-order valence-electron chi connectivity index (χ2n) is 4.83. The predicted molar refractivity (Wildman–Crippen MR) is 68.0 cm³/mol. The van der Waals surface area contributed by atoms with Crippen molar-refractivity contribution in [1.82, 2.24) is 10.3 Å². The normalized spacial score (nSPS) is 22.2. The minimum Gasteiger partial charge on any atom is -0.370 e. The van der Waals surface area contributed by atoms with Gasteiger partial charge in [0.2, 0.25) is 0 Å². The van der Waals surface area contributed by atoms with Crippen LogP contribution in [-0.4, -0.2) is 23.5 Å². The van der Waals surface area contributed by atoms with E-state index in [1.54, 1.807) is 0 Å². The third kappa shape index (κ3) is 2.78. The topological polar surface area (TPSA) is 54.0 Å². The molecule has 1 aliphatic carbocycles. The van der Waals surface area contributed by atoms with Gasteiger partial charge in [-0.2, -0.15) is 0 Å². The molecule has 0 atom stereocenters. The summed E-state index contributed by atoms with van der Waals surface area (Å²) in [4.78, 5) is 16.0. The molecule has 1 fully saturated rings.